The fourth-order valence-electron chi connectivity index (χ4n) is 13.0. The normalized spacial score (nSPS) is 13.3. The first-order valence-electron chi connectivity index (χ1n) is 33.8. The molecule has 0 aliphatic carbocycles. The van der Waals surface area contributed by atoms with Crippen LogP contribution in [-0.2, 0) is 34.5 Å². The van der Waals surface area contributed by atoms with E-state index in [1.165, 1.54) is 20.8 Å². The van der Waals surface area contributed by atoms with Gasteiger partial charge in [-0.2, -0.15) is 0 Å². The Labute approximate surface area is 565 Å². The number of carbonyl (C=O) groups is 8. The molecule has 0 saturated heterocycles. The van der Waals surface area contributed by atoms with Crippen LogP contribution in [0.2, 0.25) is 0 Å². The number of esters is 1. The van der Waals surface area contributed by atoms with Gasteiger partial charge in [0.2, 0.25) is 0 Å². The fourth-order valence-corrected chi connectivity index (χ4v) is 13.0. The third-order valence-corrected chi connectivity index (χ3v) is 18.0. The van der Waals surface area contributed by atoms with E-state index in [0.717, 1.165) is 86.6 Å². The Morgan fingerprint density at radius 1 is 0.495 bits per heavy atom. The predicted molar refractivity (Wildman–Crippen MR) is 371 cm³/mol. The largest absolute Gasteiger partial charge is 0.493 e. The van der Waals surface area contributed by atoms with Crippen LogP contribution in [0, 0.1) is 11.8 Å². The summed E-state index contributed by atoms with van der Waals surface area (Å²) in [5.41, 5.74) is 5.99. The summed E-state index contributed by atoms with van der Waals surface area (Å²) >= 11 is 0. The summed E-state index contributed by atoms with van der Waals surface area (Å²) in [4.78, 5) is 112. The van der Waals surface area contributed by atoms with E-state index in [9.17, 15) is 38.7 Å². The van der Waals surface area contributed by atoms with Crippen molar-refractivity contribution in [2.75, 3.05) is 38.2 Å². The van der Waals surface area contributed by atoms with Crippen molar-refractivity contribution >= 4 is 59.1 Å². The SMILES string of the molecule is CCOC(=O)/C=C/c1cc(C(=O)Nc2cc(CCCCCCN3C(=O)c4ccccc4C3=O)c(OCCCCCCCN3C(=O)c4ccccc4C3=O)c(CCCCCCN3C(=O)c4ccccc4C3=O)c2)n(Cc2ccccc2)c1C#CC(O)(c1ccccc1)c1ccccc1. The van der Waals surface area contributed by atoms with Crippen molar-refractivity contribution in [2.24, 2.45) is 0 Å². The molecule has 8 aromatic rings. The average Bonchev–Trinajstić information content (AvgIpc) is 1.79. The molecule has 97 heavy (non-hydrogen) atoms. The van der Waals surface area contributed by atoms with Crippen LogP contribution < -0.4 is 10.1 Å². The molecule has 11 rings (SSSR count). The number of hydrogen-bond acceptors (Lipinski definition) is 11. The Hall–Kier alpha value is -10.8. The number of imide groups is 3. The summed E-state index contributed by atoms with van der Waals surface area (Å²) in [6.45, 7) is 3.40. The van der Waals surface area contributed by atoms with Gasteiger partial charge in [-0.1, -0.05) is 178 Å². The summed E-state index contributed by atoms with van der Waals surface area (Å²) in [6.07, 6.45) is 13.6. The first kappa shape index (κ1) is 67.7. The molecule has 7 aromatic carbocycles. The van der Waals surface area contributed by atoms with Crippen LogP contribution in [0.4, 0.5) is 5.69 Å². The molecule has 494 valence electrons. The maximum absolute atomic E-state index is 15.5. The van der Waals surface area contributed by atoms with Crippen molar-refractivity contribution in [3.63, 3.8) is 0 Å². The number of aromatic nitrogens is 1. The number of ether oxygens (including phenoxy) is 2. The molecule has 1 aromatic heterocycles. The van der Waals surface area contributed by atoms with Crippen molar-refractivity contribution < 1.29 is 52.9 Å². The standard InChI is InChI=1S/C81H79N5O11/c1-2-96-72(87)46-45-58-55-71(86(56-57-31-13-10-14-32-57)70(58)47-48-81(95,61-35-17-11-18-36-61)62-37-19-12-20-38-62)74(88)82-63-53-59(33-15-4-7-28-50-84-77(91)66-41-23-24-42-67(66)78(84)92)73(97-52-30-9-3-6-27-49-83-75(89)64-39-21-22-40-65(64)76(83)90)60(54-63)34-16-5-8-29-51-85-79(93)68-43-25-26-44-69(68)80(85)94/h10-14,17-26,31-32,35-46,53-55,95H,2-9,15-16,27-30,33-34,49-52,56H2,1H3,(H,82,88)/b46-45+. The third-order valence-electron chi connectivity index (χ3n) is 18.0. The Bertz CT molecular complexity index is 4060. The zero-order valence-corrected chi connectivity index (χ0v) is 54.6. The number of carbonyl (C=O) groups excluding carboxylic acids is 8. The monoisotopic (exact) mass is 1300 g/mol. The zero-order chi connectivity index (χ0) is 67.7. The van der Waals surface area contributed by atoms with Gasteiger partial charge in [0.15, 0.2) is 5.60 Å². The van der Waals surface area contributed by atoms with Gasteiger partial charge in [-0.05, 0) is 142 Å². The molecule has 0 fully saturated rings. The number of benzene rings is 7. The Morgan fingerprint density at radius 2 is 0.887 bits per heavy atom. The van der Waals surface area contributed by atoms with E-state index >= 15 is 4.79 Å². The smallest absolute Gasteiger partial charge is 0.330 e. The molecule has 2 N–H and O–H groups in total. The number of rotatable bonds is 32. The van der Waals surface area contributed by atoms with Crippen LogP contribution in [0.1, 0.15) is 202 Å². The van der Waals surface area contributed by atoms with Gasteiger partial charge in [0.1, 0.15) is 17.1 Å². The number of fused-ring (bicyclic) bond motifs is 3. The lowest BCUT2D eigenvalue weighted by Gasteiger charge is -2.23. The molecule has 3 aliphatic rings. The number of anilines is 1. The van der Waals surface area contributed by atoms with Crippen LogP contribution in [0.15, 0.2) is 188 Å². The minimum atomic E-state index is -1.80. The third kappa shape index (κ3) is 15.8. The maximum Gasteiger partial charge on any atom is 0.330 e. The highest BCUT2D eigenvalue weighted by Gasteiger charge is 2.37. The summed E-state index contributed by atoms with van der Waals surface area (Å²) < 4.78 is 14.0. The molecular formula is C81H79N5O11. The van der Waals surface area contributed by atoms with Crippen LogP contribution in [0.5, 0.6) is 5.75 Å². The quantitative estimate of drug-likeness (QED) is 0.0134. The van der Waals surface area contributed by atoms with Gasteiger partial charge in [-0.25, -0.2) is 4.79 Å². The van der Waals surface area contributed by atoms with Gasteiger partial charge in [0, 0.05) is 54.6 Å². The molecule has 7 amide bonds. The van der Waals surface area contributed by atoms with E-state index in [1.807, 2.05) is 78.9 Å². The van der Waals surface area contributed by atoms with Crippen molar-refractivity contribution in [2.45, 2.75) is 115 Å². The minimum absolute atomic E-state index is 0.149. The van der Waals surface area contributed by atoms with Gasteiger partial charge < -0.3 is 24.5 Å². The first-order valence-corrected chi connectivity index (χ1v) is 33.8. The van der Waals surface area contributed by atoms with E-state index in [2.05, 4.69) is 17.2 Å². The molecule has 0 atom stereocenters. The van der Waals surface area contributed by atoms with Crippen LogP contribution in [0.3, 0.4) is 0 Å². The Balaban J connectivity index is 0.879. The first-order chi connectivity index (χ1) is 47.3. The van der Waals surface area contributed by atoms with E-state index in [4.69, 9.17) is 9.47 Å². The molecule has 16 nitrogen and oxygen atoms in total. The number of aryl methyl sites for hydroxylation is 2. The number of hydrogen-bond donors (Lipinski definition) is 2. The van der Waals surface area contributed by atoms with E-state index < -0.39 is 17.5 Å². The van der Waals surface area contributed by atoms with E-state index in [0.29, 0.717) is 120 Å². The van der Waals surface area contributed by atoms with Crippen molar-refractivity contribution in [3.8, 4) is 17.6 Å². The predicted octanol–water partition coefficient (Wildman–Crippen LogP) is 14.1. The Morgan fingerprint density at radius 3 is 1.32 bits per heavy atom. The molecule has 0 radical (unpaired) electrons. The molecule has 16 heteroatoms. The second-order valence-corrected chi connectivity index (χ2v) is 24.6. The van der Waals surface area contributed by atoms with Gasteiger partial charge in [-0.3, -0.25) is 48.3 Å². The highest BCUT2D eigenvalue weighted by molar-refractivity contribution is 6.22. The van der Waals surface area contributed by atoms with Crippen LogP contribution in [0.25, 0.3) is 6.08 Å². The summed E-state index contributed by atoms with van der Waals surface area (Å²) in [7, 11) is 0. The van der Waals surface area contributed by atoms with E-state index in [-0.39, 0.29) is 54.3 Å². The molecule has 0 saturated carbocycles. The van der Waals surface area contributed by atoms with Gasteiger partial charge in [0.25, 0.3) is 41.4 Å². The molecule has 0 bridgehead atoms. The van der Waals surface area contributed by atoms with E-state index in [1.54, 1.807) is 121 Å². The van der Waals surface area contributed by atoms with Gasteiger partial charge >= 0.3 is 5.97 Å². The molecule has 0 unspecified atom stereocenters. The molecule has 4 heterocycles. The number of nitrogens with one attached hydrogen (secondary N) is 1. The lowest BCUT2D eigenvalue weighted by molar-refractivity contribution is -0.137. The topological polar surface area (TPSA) is 202 Å². The average molecular weight is 1300 g/mol. The Kier molecular flexibility index (Phi) is 22.4. The van der Waals surface area contributed by atoms with Crippen LogP contribution >= 0.6 is 0 Å². The van der Waals surface area contributed by atoms with Crippen molar-refractivity contribution in [1.82, 2.24) is 19.3 Å². The van der Waals surface area contributed by atoms with Gasteiger partial charge in [0.05, 0.1) is 46.6 Å². The number of nitrogens with zero attached hydrogens (tertiary/aromatic N) is 4. The lowest BCUT2D eigenvalue weighted by Crippen LogP contribution is -2.30. The summed E-state index contributed by atoms with van der Waals surface area (Å²) in [5, 5.41) is 16.0. The zero-order valence-electron chi connectivity index (χ0n) is 54.6. The highest BCUT2D eigenvalue weighted by Crippen LogP contribution is 2.35. The van der Waals surface area contributed by atoms with Crippen molar-refractivity contribution in [3.05, 3.63) is 266 Å². The second kappa shape index (κ2) is 32.1. The summed E-state index contributed by atoms with van der Waals surface area (Å²) in [5.74, 6) is 4.55. The second-order valence-electron chi connectivity index (χ2n) is 24.6. The molecule has 3 aliphatic heterocycles. The van der Waals surface area contributed by atoms with Crippen LogP contribution in [-0.4, -0.2) is 105 Å². The number of aliphatic hydroxyl groups is 1. The number of unbranched alkanes of at least 4 members (excludes halogenated alkanes) is 10. The molecule has 0 spiro atoms. The lowest BCUT2D eigenvalue weighted by atomic mass is 9.87. The van der Waals surface area contributed by atoms with Crippen molar-refractivity contribution in [1.29, 1.82) is 0 Å². The maximum atomic E-state index is 15.5. The molecular weight excluding hydrogens is 1220 g/mol. The number of amides is 7. The fraction of sp³-hybridized carbons (Fsp3) is 0.284. The highest BCUT2D eigenvalue weighted by atomic mass is 16.5. The summed E-state index contributed by atoms with van der Waals surface area (Å²) in [6, 6.07) is 54.2. The van der Waals surface area contributed by atoms with Gasteiger partial charge in [-0.15, -0.1) is 0 Å². The minimum Gasteiger partial charge on any atom is -0.493 e.